The SMILES string of the molecule is CCS(=O)(=O)Nc1ccc(Oc2ccc(F)cc2F)c(-c2cn(C)c(=O)c3sc(-c4nnc(C)o4)cc23)c1. The number of anilines is 1. The van der Waals surface area contributed by atoms with Crippen molar-refractivity contribution < 1.29 is 26.4 Å². The number of aryl methyl sites for hydroxylation is 2. The van der Waals surface area contributed by atoms with Gasteiger partial charge in [-0.15, -0.1) is 21.5 Å². The van der Waals surface area contributed by atoms with Gasteiger partial charge in [-0.2, -0.15) is 0 Å². The van der Waals surface area contributed by atoms with Crippen molar-refractivity contribution in [1.82, 2.24) is 14.8 Å². The van der Waals surface area contributed by atoms with Crippen LogP contribution in [0, 0.1) is 18.6 Å². The number of thiophene rings is 1. The molecule has 0 aliphatic rings. The molecule has 0 aliphatic carbocycles. The largest absolute Gasteiger partial charge is 0.454 e. The first-order valence-corrected chi connectivity index (χ1v) is 13.7. The molecule has 196 valence electrons. The molecule has 0 fully saturated rings. The molecule has 0 atom stereocenters. The molecule has 5 rings (SSSR count). The Kier molecular flexibility index (Phi) is 6.49. The van der Waals surface area contributed by atoms with Gasteiger partial charge in [-0.1, -0.05) is 0 Å². The van der Waals surface area contributed by atoms with Crippen molar-refractivity contribution in [2.75, 3.05) is 10.5 Å². The summed E-state index contributed by atoms with van der Waals surface area (Å²) < 4.78 is 68.0. The average molecular weight is 559 g/mol. The van der Waals surface area contributed by atoms with Gasteiger partial charge in [0.15, 0.2) is 11.6 Å². The first kappa shape index (κ1) is 25.5. The molecule has 0 spiro atoms. The molecule has 0 saturated carbocycles. The Hall–Kier alpha value is -4.10. The maximum absolute atomic E-state index is 14.5. The Morgan fingerprint density at radius 1 is 1.08 bits per heavy atom. The van der Waals surface area contributed by atoms with E-state index in [0.717, 1.165) is 23.5 Å². The fourth-order valence-corrected chi connectivity index (χ4v) is 5.48. The summed E-state index contributed by atoms with van der Waals surface area (Å²) in [5, 5.41) is 8.39. The molecule has 0 radical (unpaired) electrons. The highest BCUT2D eigenvalue weighted by atomic mass is 32.2. The molecule has 5 aromatic rings. The normalized spacial score (nSPS) is 11.7. The summed E-state index contributed by atoms with van der Waals surface area (Å²) in [4.78, 5) is 13.6. The van der Waals surface area contributed by atoms with Gasteiger partial charge in [-0.25, -0.2) is 17.2 Å². The van der Waals surface area contributed by atoms with Crippen LogP contribution in [0.3, 0.4) is 0 Å². The molecule has 0 unspecified atom stereocenters. The predicted molar refractivity (Wildman–Crippen MR) is 140 cm³/mol. The maximum Gasteiger partial charge on any atom is 0.268 e. The van der Waals surface area contributed by atoms with E-state index in [2.05, 4.69) is 14.9 Å². The summed E-state index contributed by atoms with van der Waals surface area (Å²) in [6.07, 6.45) is 1.57. The minimum Gasteiger partial charge on any atom is -0.454 e. The van der Waals surface area contributed by atoms with Crippen LogP contribution in [-0.4, -0.2) is 28.9 Å². The molecular weight excluding hydrogens is 538 g/mol. The molecule has 0 saturated heterocycles. The van der Waals surface area contributed by atoms with E-state index < -0.39 is 21.7 Å². The van der Waals surface area contributed by atoms with E-state index in [0.29, 0.717) is 38.0 Å². The number of sulfonamides is 1. The van der Waals surface area contributed by atoms with Crippen molar-refractivity contribution in [3.8, 4) is 33.4 Å². The molecular formula is C25H20F2N4O5S2. The Balaban J connectivity index is 1.74. The molecule has 1 N–H and O–H groups in total. The Morgan fingerprint density at radius 2 is 1.84 bits per heavy atom. The molecule has 2 aromatic carbocycles. The summed E-state index contributed by atoms with van der Waals surface area (Å²) in [6, 6.07) is 9.08. The van der Waals surface area contributed by atoms with E-state index in [1.165, 1.54) is 29.7 Å². The fourth-order valence-electron chi connectivity index (χ4n) is 3.77. The van der Waals surface area contributed by atoms with Gasteiger partial charge in [0, 0.05) is 48.4 Å². The van der Waals surface area contributed by atoms with Crippen molar-refractivity contribution in [3.63, 3.8) is 0 Å². The number of halogens is 2. The first-order chi connectivity index (χ1) is 18.0. The van der Waals surface area contributed by atoms with Crippen molar-refractivity contribution in [1.29, 1.82) is 0 Å². The van der Waals surface area contributed by atoms with Crippen LogP contribution >= 0.6 is 11.3 Å². The van der Waals surface area contributed by atoms with E-state index >= 15 is 0 Å². The van der Waals surface area contributed by atoms with Crippen LogP contribution in [0.5, 0.6) is 11.5 Å². The minimum absolute atomic E-state index is 0.149. The molecule has 3 aromatic heterocycles. The lowest BCUT2D eigenvalue weighted by Crippen LogP contribution is -2.16. The Morgan fingerprint density at radius 3 is 2.53 bits per heavy atom. The third-order valence-corrected chi connectivity index (χ3v) is 8.05. The molecule has 3 heterocycles. The van der Waals surface area contributed by atoms with Gasteiger partial charge >= 0.3 is 0 Å². The summed E-state index contributed by atoms with van der Waals surface area (Å²) in [5.74, 6) is -1.31. The second kappa shape index (κ2) is 9.65. The highest BCUT2D eigenvalue weighted by molar-refractivity contribution is 7.92. The summed E-state index contributed by atoms with van der Waals surface area (Å²) in [7, 11) is -2.04. The molecule has 13 heteroatoms. The quantitative estimate of drug-likeness (QED) is 0.282. The number of ether oxygens (including phenoxy) is 1. The number of fused-ring (bicyclic) bond motifs is 1. The van der Waals surface area contributed by atoms with Crippen molar-refractivity contribution in [2.24, 2.45) is 7.05 Å². The number of nitrogens with zero attached hydrogens (tertiary/aromatic N) is 3. The standard InChI is InChI=1S/C25H20F2N4O5S2/c1-4-38(33,34)30-15-6-8-20(36-21-7-5-14(26)9-19(21)27)16(10-15)18-12-31(3)25(32)23-17(18)11-22(37-23)24-29-28-13(2)35-24/h5-12,30H,4H2,1-3H3. The van der Waals surface area contributed by atoms with E-state index in [1.807, 2.05) is 0 Å². The van der Waals surface area contributed by atoms with E-state index in [4.69, 9.17) is 9.15 Å². The smallest absolute Gasteiger partial charge is 0.268 e. The number of hydrogen-bond acceptors (Lipinski definition) is 8. The lowest BCUT2D eigenvalue weighted by molar-refractivity contribution is 0.439. The fraction of sp³-hybridized carbons (Fsp3) is 0.160. The second-order valence-electron chi connectivity index (χ2n) is 8.33. The van der Waals surface area contributed by atoms with Gasteiger partial charge in [0.25, 0.3) is 11.4 Å². The molecule has 38 heavy (non-hydrogen) atoms. The number of nitrogens with one attached hydrogen (secondary N) is 1. The van der Waals surface area contributed by atoms with Gasteiger partial charge in [0.1, 0.15) is 16.3 Å². The van der Waals surface area contributed by atoms with E-state index in [9.17, 15) is 22.0 Å². The lowest BCUT2D eigenvalue weighted by Gasteiger charge is -2.16. The van der Waals surface area contributed by atoms with Crippen LogP contribution < -0.4 is 15.0 Å². The summed E-state index contributed by atoms with van der Waals surface area (Å²) in [5.41, 5.74) is 0.817. The van der Waals surface area contributed by atoms with E-state index in [1.54, 1.807) is 26.2 Å². The number of aromatic nitrogens is 3. The molecule has 0 bridgehead atoms. The third-order valence-electron chi connectivity index (χ3n) is 5.63. The molecule has 0 amide bonds. The summed E-state index contributed by atoms with van der Waals surface area (Å²) in [6.45, 7) is 3.15. The van der Waals surface area contributed by atoms with Crippen molar-refractivity contribution in [2.45, 2.75) is 13.8 Å². The van der Waals surface area contributed by atoms with Gasteiger partial charge in [0.2, 0.25) is 15.9 Å². The highest BCUT2D eigenvalue weighted by Crippen LogP contribution is 2.42. The van der Waals surface area contributed by atoms with Gasteiger partial charge in [-0.3, -0.25) is 9.52 Å². The van der Waals surface area contributed by atoms with Gasteiger partial charge in [-0.05, 0) is 43.3 Å². The molecule has 9 nitrogen and oxygen atoms in total. The van der Waals surface area contributed by atoms with Gasteiger partial charge < -0.3 is 13.7 Å². The monoisotopic (exact) mass is 558 g/mol. The van der Waals surface area contributed by atoms with Crippen molar-refractivity contribution >= 4 is 37.1 Å². The average Bonchev–Trinajstić information content (AvgIpc) is 3.51. The number of rotatable bonds is 7. The minimum atomic E-state index is -3.61. The van der Waals surface area contributed by atoms with Crippen LogP contribution in [0.15, 0.2) is 57.9 Å². The zero-order valence-electron chi connectivity index (χ0n) is 20.3. The first-order valence-electron chi connectivity index (χ1n) is 11.3. The predicted octanol–water partition coefficient (Wildman–Crippen LogP) is 5.46. The number of benzene rings is 2. The topological polar surface area (TPSA) is 116 Å². The Bertz CT molecular complexity index is 1860. The Labute approximate surface area is 219 Å². The third kappa shape index (κ3) is 4.89. The van der Waals surface area contributed by atoms with E-state index in [-0.39, 0.29) is 34.4 Å². The second-order valence-corrected chi connectivity index (χ2v) is 11.4. The summed E-state index contributed by atoms with van der Waals surface area (Å²) >= 11 is 1.16. The van der Waals surface area contributed by atoms with Crippen molar-refractivity contribution in [3.05, 3.63) is 76.5 Å². The van der Waals surface area contributed by atoms with Crippen LogP contribution in [-0.2, 0) is 17.1 Å². The highest BCUT2D eigenvalue weighted by Gasteiger charge is 2.21. The van der Waals surface area contributed by atoms with Crippen LogP contribution in [0.25, 0.3) is 32.0 Å². The van der Waals surface area contributed by atoms with Crippen LogP contribution in [0.4, 0.5) is 14.5 Å². The number of pyridine rings is 1. The van der Waals surface area contributed by atoms with Gasteiger partial charge in [0.05, 0.1) is 10.6 Å². The molecule has 0 aliphatic heterocycles. The van der Waals surface area contributed by atoms with Crippen LogP contribution in [0.2, 0.25) is 0 Å². The maximum atomic E-state index is 14.5. The number of hydrogen-bond donors (Lipinski definition) is 1. The lowest BCUT2D eigenvalue weighted by atomic mass is 10.0. The zero-order valence-corrected chi connectivity index (χ0v) is 21.9. The zero-order chi connectivity index (χ0) is 27.2. The van der Waals surface area contributed by atoms with Crippen LogP contribution in [0.1, 0.15) is 12.8 Å².